The van der Waals surface area contributed by atoms with E-state index < -0.39 is 0 Å². The third-order valence-electron chi connectivity index (χ3n) is 3.74. The summed E-state index contributed by atoms with van der Waals surface area (Å²) < 4.78 is 13.7. The largest absolute Gasteiger partial charge is 0.341 e. The number of amides is 1. The van der Waals surface area contributed by atoms with E-state index in [1.807, 2.05) is 6.92 Å². The van der Waals surface area contributed by atoms with Gasteiger partial charge < -0.3 is 10.2 Å². The molecule has 1 amide bonds. The number of nitrogens with one attached hydrogen (secondary N) is 1. The minimum Gasteiger partial charge on any atom is -0.341 e. The van der Waals surface area contributed by atoms with Crippen LogP contribution in [0.5, 0.6) is 0 Å². The number of benzene rings is 1. The van der Waals surface area contributed by atoms with E-state index in [2.05, 4.69) is 5.32 Å². The Kier molecular flexibility index (Phi) is 6.24. The predicted molar refractivity (Wildman–Crippen MR) is 80.7 cm³/mol. The van der Waals surface area contributed by atoms with Crippen LogP contribution >= 0.6 is 24.0 Å². The van der Waals surface area contributed by atoms with Gasteiger partial charge in [0.05, 0.1) is 0 Å². The lowest BCUT2D eigenvalue weighted by molar-refractivity contribution is -0.136. The van der Waals surface area contributed by atoms with Gasteiger partial charge in [-0.25, -0.2) is 4.39 Å². The minimum absolute atomic E-state index is 0. The molecule has 1 aliphatic rings. The van der Waals surface area contributed by atoms with E-state index in [0.29, 0.717) is 16.5 Å². The van der Waals surface area contributed by atoms with Crippen LogP contribution in [0.4, 0.5) is 4.39 Å². The zero-order valence-electron chi connectivity index (χ0n) is 11.5. The second-order valence-electron chi connectivity index (χ2n) is 5.10. The molecule has 1 unspecified atom stereocenters. The maximum Gasteiger partial charge on any atom is 0.225 e. The second kappa shape index (κ2) is 7.25. The highest BCUT2D eigenvalue weighted by Gasteiger charge is 2.30. The van der Waals surface area contributed by atoms with E-state index in [-0.39, 0.29) is 36.6 Å². The molecule has 3 nitrogen and oxygen atoms in total. The number of carbonyl (C=O) groups is 1. The molecule has 1 aliphatic heterocycles. The van der Waals surface area contributed by atoms with E-state index in [1.54, 1.807) is 24.1 Å². The van der Waals surface area contributed by atoms with Crippen molar-refractivity contribution in [2.75, 3.05) is 20.1 Å². The van der Waals surface area contributed by atoms with Crippen LogP contribution in [0.2, 0.25) is 5.02 Å². The van der Waals surface area contributed by atoms with Crippen LogP contribution in [-0.2, 0) is 11.3 Å². The first-order valence-electron chi connectivity index (χ1n) is 6.39. The zero-order valence-corrected chi connectivity index (χ0v) is 13.1. The summed E-state index contributed by atoms with van der Waals surface area (Å²) in [5, 5.41) is 3.51. The molecule has 0 aliphatic carbocycles. The fourth-order valence-corrected chi connectivity index (χ4v) is 2.44. The second-order valence-corrected chi connectivity index (χ2v) is 5.51. The molecule has 1 heterocycles. The molecule has 112 valence electrons. The van der Waals surface area contributed by atoms with Gasteiger partial charge in [-0.2, -0.15) is 0 Å². The number of nitrogens with zero attached hydrogens (tertiary/aromatic N) is 1. The molecule has 1 fully saturated rings. The molecule has 1 N–H and O–H groups in total. The quantitative estimate of drug-likeness (QED) is 0.925. The van der Waals surface area contributed by atoms with Crippen LogP contribution < -0.4 is 5.32 Å². The summed E-state index contributed by atoms with van der Waals surface area (Å²) in [6.07, 6.45) is 0. The molecular formula is C14H19Cl2FN2O. The van der Waals surface area contributed by atoms with Crippen molar-refractivity contribution < 1.29 is 9.18 Å². The molecular weight excluding hydrogens is 302 g/mol. The summed E-state index contributed by atoms with van der Waals surface area (Å²) >= 11 is 5.97. The van der Waals surface area contributed by atoms with Gasteiger partial charge in [-0.05, 0) is 31.1 Å². The first-order valence-corrected chi connectivity index (χ1v) is 6.77. The molecule has 6 heteroatoms. The van der Waals surface area contributed by atoms with Crippen LogP contribution in [0.25, 0.3) is 0 Å². The van der Waals surface area contributed by atoms with Gasteiger partial charge in [0.2, 0.25) is 5.91 Å². The van der Waals surface area contributed by atoms with Crippen molar-refractivity contribution in [1.82, 2.24) is 10.2 Å². The van der Waals surface area contributed by atoms with Crippen LogP contribution in [0.1, 0.15) is 12.5 Å². The molecule has 1 atom stereocenters. The number of halogens is 3. The summed E-state index contributed by atoms with van der Waals surface area (Å²) in [5.74, 6) is -0.00113. The SMILES string of the molecule is CC(C(=O)N(C)Cc1c(F)cccc1Cl)C1CNC1.Cl. The number of hydrogen-bond donors (Lipinski definition) is 1. The van der Waals surface area contributed by atoms with Gasteiger partial charge in [-0.1, -0.05) is 24.6 Å². The van der Waals surface area contributed by atoms with E-state index in [0.717, 1.165) is 13.1 Å². The molecule has 0 spiro atoms. The summed E-state index contributed by atoms with van der Waals surface area (Å²) in [5.41, 5.74) is 0.374. The molecule has 1 saturated heterocycles. The lowest BCUT2D eigenvalue weighted by Gasteiger charge is -2.34. The van der Waals surface area contributed by atoms with Gasteiger partial charge in [0.15, 0.2) is 0 Å². The van der Waals surface area contributed by atoms with Crippen molar-refractivity contribution in [3.05, 3.63) is 34.6 Å². The summed E-state index contributed by atoms with van der Waals surface area (Å²) in [6.45, 7) is 3.88. The van der Waals surface area contributed by atoms with Crippen LogP contribution in [0.15, 0.2) is 18.2 Å². The Morgan fingerprint density at radius 2 is 2.20 bits per heavy atom. The third-order valence-corrected chi connectivity index (χ3v) is 4.10. The molecule has 2 rings (SSSR count). The lowest BCUT2D eigenvalue weighted by atomic mass is 9.88. The maximum absolute atomic E-state index is 13.7. The average Bonchev–Trinajstić information content (AvgIpc) is 2.30. The standard InChI is InChI=1S/C14H18ClFN2O.ClH/c1-9(10-6-17-7-10)14(19)18(2)8-11-12(15)4-3-5-13(11)16;/h3-5,9-10,17H,6-8H2,1-2H3;1H. The highest BCUT2D eigenvalue weighted by molar-refractivity contribution is 6.31. The van der Waals surface area contributed by atoms with Gasteiger partial charge in [0, 0.05) is 30.1 Å². The smallest absolute Gasteiger partial charge is 0.225 e. The van der Waals surface area contributed by atoms with Gasteiger partial charge in [0.25, 0.3) is 0 Å². The topological polar surface area (TPSA) is 32.3 Å². The van der Waals surface area contributed by atoms with Crippen molar-refractivity contribution in [3.63, 3.8) is 0 Å². The maximum atomic E-state index is 13.7. The first-order chi connectivity index (χ1) is 9.00. The predicted octanol–water partition coefficient (Wildman–Crippen LogP) is 2.71. The van der Waals surface area contributed by atoms with Crippen molar-refractivity contribution in [2.45, 2.75) is 13.5 Å². The van der Waals surface area contributed by atoms with Crippen molar-refractivity contribution in [3.8, 4) is 0 Å². The number of hydrogen-bond acceptors (Lipinski definition) is 2. The Balaban J connectivity index is 0.00000200. The van der Waals surface area contributed by atoms with Gasteiger partial charge in [0.1, 0.15) is 5.82 Å². The minimum atomic E-state index is -0.370. The zero-order chi connectivity index (χ0) is 14.0. The van der Waals surface area contributed by atoms with Crippen LogP contribution in [0, 0.1) is 17.7 Å². The Morgan fingerprint density at radius 1 is 1.55 bits per heavy atom. The van der Waals surface area contributed by atoms with E-state index >= 15 is 0 Å². The summed E-state index contributed by atoms with van der Waals surface area (Å²) in [7, 11) is 1.69. The van der Waals surface area contributed by atoms with Gasteiger partial charge in [-0.15, -0.1) is 12.4 Å². The Bertz CT molecular complexity index is 460. The highest BCUT2D eigenvalue weighted by Crippen LogP contribution is 2.23. The molecule has 0 aromatic heterocycles. The van der Waals surface area contributed by atoms with Crippen LogP contribution in [-0.4, -0.2) is 30.9 Å². The molecule has 0 bridgehead atoms. The average molecular weight is 321 g/mol. The first kappa shape index (κ1) is 17.2. The lowest BCUT2D eigenvalue weighted by Crippen LogP contribution is -2.49. The molecule has 1 aromatic rings. The van der Waals surface area contributed by atoms with E-state index in [4.69, 9.17) is 11.6 Å². The number of rotatable bonds is 4. The Hall–Kier alpha value is -0.840. The van der Waals surface area contributed by atoms with E-state index in [1.165, 1.54) is 6.07 Å². The molecule has 1 aromatic carbocycles. The van der Waals surface area contributed by atoms with Gasteiger partial charge >= 0.3 is 0 Å². The normalized spacial score (nSPS) is 16.0. The highest BCUT2D eigenvalue weighted by atomic mass is 35.5. The Labute approximate surface area is 129 Å². The fourth-order valence-electron chi connectivity index (χ4n) is 2.21. The molecule has 0 radical (unpaired) electrons. The summed E-state index contributed by atoms with van der Waals surface area (Å²) in [6, 6.07) is 4.56. The van der Waals surface area contributed by atoms with Crippen molar-refractivity contribution in [2.24, 2.45) is 11.8 Å². The van der Waals surface area contributed by atoms with Crippen LogP contribution in [0.3, 0.4) is 0 Å². The monoisotopic (exact) mass is 320 g/mol. The Morgan fingerprint density at radius 3 is 2.70 bits per heavy atom. The van der Waals surface area contributed by atoms with Crippen molar-refractivity contribution in [1.29, 1.82) is 0 Å². The third kappa shape index (κ3) is 3.62. The molecule has 0 saturated carbocycles. The van der Waals surface area contributed by atoms with Crippen molar-refractivity contribution >= 4 is 29.9 Å². The summed E-state index contributed by atoms with van der Waals surface area (Å²) in [4.78, 5) is 13.8. The van der Waals surface area contributed by atoms with Gasteiger partial charge in [-0.3, -0.25) is 4.79 Å². The number of carbonyl (C=O) groups excluding carboxylic acids is 1. The molecule has 20 heavy (non-hydrogen) atoms. The van der Waals surface area contributed by atoms with E-state index in [9.17, 15) is 9.18 Å². The fraction of sp³-hybridized carbons (Fsp3) is 0.500.